The minimum absolute atomic E-state index is 0.0406. The normalized spacial score (nSPS) is 11.0. The molecule has 8 nitrogen and oxygen atoms in total. The molecule has 1 aromatic heterocycles. The standard InChI is InChI=1S/C14H15N3O5/c1-3-5-13(18)16-11(14(19)22-4-2)8-10-6-7-15-12(9-10)17(20)21/h5-7,9,11H,1,4,8H2,2H3,(H,16,18). The molecule has 0 fully saturated rings. The molecule has 1 N–H and O–H groups in total. The quantitative estimate of drug-likeness (QED) is 0.263. The summed E-state index contributed by atoms with van der Waals surface area (Å²) in [6.45, 7) is 5.05. The van der Waals surface area contributed by atoms with Crippen molar-refractivity contribution in [3.63, 3.8) is 0 Å². The van der Waals surface area contributed by atoms with Crippen LogP contribution in [0.2, 0.25) is 0 Å². The van der Waals surface area contributed by atoms with Crippen LogP contribution in [-0.2, 0) is 20.7 Å². The molecule has 0 spiro atoms. The van der Waals surface area contributed by atoms with Gasteiger partial charge < -0.3 is 20.2 Å². The molecule has 0 radical (unpaired) electrons. The van der Waals surface area contributed by atoms with Gasteiger partial charge in [0.2, 0.25) is 0 Å². The number of carbonyl (C=O) groups is 2. The highest BCUT2D eigenvalue weighted by atomic mass is 16.6. The van der Waals surface area contributed by atoms with Gasteiger partial charge in [-0.25, -0.2) is 4.79 Å². The van der Waals surface area contributed by atoms with Crippen LogP contribution < -0.4 is 5.32 Å². The fourth-order valence-corrected chi connectivity index (χ4v) is 1.67. The number of ether oxygens (including phenoxy) is 1. The van der Waals surface area contributed by atoms with Crippen molar-refractivity contribution in [2.45, 2.75) is 19.4 Å². The number of hydrogen-bond acceptors (Lipinski definition) is 6. The number of esters is 1. The molecule has 0 saturated heterocycles. The Bertz CT molecular complexity index is 623. The molecule has 22 heavy (non-hydrogen) atoms. The van der Waals surface area contributed by atoms with Crippen LogP contribution in [0.4, 0.5) is 5.82 Å². The molecular formula is C14H15N3O5. The molecule has 1 amide bonds. The molecule has 0 bridgehead atoms. The average molecular weight is 305 g/mol. The number of nitrogens with one attached hydrogen (secondary N) is 1. The second kappa shape index (κ2) is 8.33. The number of nitro groups is 1. The van der Waals surface area contributed by atoms with E-state index in [1.807, 2.05) is 0 Å². The molecule has 1 unspecified atom stereocenters. The van der Waals surface area contributed by atoms with Crippen LogP contribution in [0.15, 0.2) is 36.7 Å². The summed E-state index contributed by atoms with van der Waals surface area (Å²) in [5, 5.41) is 13.1. The molecular weight excluding hydrogens is 290 g/mol. The number of aromatic nitrogens is 1. The van der Waals surface area contributed by atoms with Gasteiger partial charge in [-0.2, -0.15) is 0 Å². The largest absolute Gasteiger partial charge is 0.464 e. The predicted octanol–water partition coefficient (Wildman–Crippen LogP) is 0.921. The van der Waals surface area contributed by atoms with Gasteiger partial charge in [0.25, 0.3) is 5.91 Å². The SMILES string of the molecule is C=C=CC(=O)NC(Cc1ccnc([N+](=O)[O-])c1)C(=O)OCC. The van der Waals surface area contributed by atoms with E-state index in [0.29, 0.717) is 5.56 Å². The van der Waals surface area contributed by atoms with E-state index < -0.39 is 22.8 Å². The van der Waals surface area contributed by atoms with Crippen LogP contribution in [-0.4, -0.2) is 34.4 Å². The van der Waals surface area contributed by atoms with Crippen molar-refractivity contribution < 1.29 is 19.2 Å². The number of hydrogen-bond donors (Lipinski definition) is 1. The summed E-state index contributed by atoms with van der Waals surface area (Å²) in [7, 11) is 0. The molecule has 1 atom stereocenters. The molecule has 0 aromatic carbocycles. The third kappa shape index (κ3) is 5.18. The minimum atomic E-state index is -0.973. The van der Waals surface area contributed by atoms with Gasteiger partial charge in [-0.3, -0.25) is 4.79 Å². The van der Waals surface area contributed by atoms with Gasteiger partial charge in [-0.15, -0.1) is 5.73 Å². The summed E-state index contributed by atoms with van der Waals surface area (Å²) in [5.74, 6) is -1.53. The van der Waals surface area contributed by atoms with Gasteiger partial charge in [0.05, 0.1) is 6.61 Å². The second-order valence-corrected chi connectivity index (χ2v) is 4.15. The smallest absolute Gasteiger partial charge is 0.363 e. The molecule has 0 aliphatic rings. The third-order valence-electron chi connectivity index (χ3n) is 2.56. The Morgan fingerprint density at radius 2 is 2.36 bits per heavy atom. The van der Waals surface area contributed by atoms with Gasteiger partial charge in [-0.05, 0) is 28.5 Å². The molecule has 1 heterocycles. The Labute approximate surface area is 126 Å². The van der Waals surface area contributed by atoms with Crippen molar-refractivity contribution in [1.82, 2.24) is 10.3 Å². The van der Waals surface area contributed by atoms with Crippen LogP contribution in [0.5, 0.6) is 0 Å². The van der Waals surface area contributed by atoms with E-state index in [0.717, 1.165) is 6.08 Å². The number of amides is 1. The van der Waals surface area contributed by atoms with Crippen molar-refractivity contribution in [1.29, 1.82) is 0 Å². The molecule has 0 saturated carbocycles. The molecule has 1 rings (SSSR count). The number of carbonyl (C=O) groups excluding carboxylic acids is 2. The fourth-order valence-electron chi connectivity index (χ4n) is 1.67. The average Bonchev–Trinajstić information content (AvgIpc) is 2.47. The highest BCUT2D eigenvalue weighted by molar-refractivity contribution is 5.91. The first-order valence-electron chi connectivity index (χ1n) is 6.40. The van der Waals surface area contributed by atoms with Gasteiger partial charge in [0.15, 0.2) is 0 Å². The van der Waals surface area contributed by atoms with Gasteiger partial charge >= 0.3 is 11.8 Å². The Kier molecular flexibility index (Phi) is 6.46. The topological polar surface area (TPSA) is 111 Å². The maximum atomic E-state index is 11.9. The van der Waals surface area contributed by atoms with E-state index in [2.05, 4.69) is 22.6 Å². The monoisotopic (exact) mass is 305 g/mol. The highest BCUT2D eigenvalue weighted by Crippen LogP contribution is 2.12. The molecule has 0 aliphatic heterocycles. The first-order valence-corrected chi connectivity index (χ1v) is 6.40. The van der Waals surface area contributed by atoms with Crippen molar-refractivity contribution in [2.24, 2.45) is 0 Å². The molecule has 1 aromatic rings. The zero-order chi connectivity index (χ0) is 16.5. The lowest BCUT2D eigenvalue weighted by Gasteiger charge is -2.16. The Morgan fingerprint density at radius 1 is 1.64 bits per heavy atom. The summed E-state index contributed by atoms with van der Waals surface area (Å²) in [5.41, 5.74) is 2.77. The summed E-state index contributed by atoms with van der Waals surface area (Å²) in [6.07, 6.45) is 2.35. The first kappa shape index (κ1) is 17.1. The van der Waals surface area contributed by atoms with E-state index in [-0.39, 0.29) is 18.8 Å². The maximum Gasteiger partial charge on any atom is 0.363 e. The third-order valence-corrected chi connectivity index (χ3v) is 2.56. The molecule has 116 valence electrons. The van der Waals surface area contributed by atoms with E-state index in [4.69, 9.17) is 4.74 Å². The minimum Gasteiger partial charge on any atom is -0.464 e. The van der Waals surface area contributed by atoms with Gasteiger partial charge in [0.1, 0.15) is 12.2 Å². The van der Waals surface area contributed by atoms with Gasteiger partial charge in [0, 0.05) is 18.6 Å². The molecule has 8 heteroatoms. The number of rotatable bonds is 7. The van der Waals surface area contributed by atoms with E-state index in [1.54, 1.807) is 6.92 Å². The Balaban J connectivity index is 2.94. The Morgan fingerprint density at radius 3 is 2.95 bits per heavy atom. The zero-order valence-corrected chi connectivity index (χ0v) is 11.9. The van der Waals surface area contributed by atoms with E-state index in [1.165, 1.54) is 18.3 Å². The lowest BCUT2D eigenvalue weighted by Crippen LogP contribution is -2.42. The van der Waals surface area contributed by atoms with Crippen LogP contribution in [0.3, 0.4) is 0 Å². The Hall–Kier alpha value is -2.99. The van der Waals surface area contributed by atoms with Crippen LogP contribution in [0.1, 0.15) is 12.5 Å². The van der Waals surface area contributed by atoms with Gasteiger partial charge in [-0.1, -0.05) is 6.58 Å². The number of nitrogens with zero attached hydrogens (tertiary/aromatic N) is 2. The fraction of sp³-hybridized carbons (Fsp3) is 0.286. The van der Waals surface area contributed by atoms with E-state index >= 15 is 0 Å². The first-order chi connectivity index (χ1) is 10.5. The predicted molar refractivity (Wildman–Crippen MR) is 76.9 cm³/mol. The summed E-state index contributed by atoms with van der Waals surface area (Å²) >= 11 is 0. The van der Waals surface area contributed by atoms with Crippen LogP contribution >= 0.6 is 0 Å². The number of pyridine rings is 1. The molecule has 0 aliphatic carbocycles. The van der Waals surface area contributed by atoms with Crippen molar-refractivity contribution >= 4 is 17.7 Å². The lowest BCUT2D eigenvalue weighted by molar-refractivity contribution is -0.389. The van der Waals surface area contributed by atoms with Crippen molar-refractivity contribution in [2.75, 3.05) is 6.61 Å². The van der Waals surface area contributed by atoms with Crippen molar-refractivity contribution in [3.05, 3.63) is 52.4 Å². The summed E-state index contributed by atoms with van der Waals surface area (Å²) in [4.78, 5) is 37.1. The highest BCUT2D eigenvalue weighted by Gasteiger charge is 2.22. The lowest BCUT2D eigenvalue weighted by atomic mass is 10.1. The summed E-state index contributed by atoms with van der Waals surface area (Å²) < 4.78 is 4.88. The maximum absolute atomic E-state index is 11.9. The zero-order valence-electron chi connectivity index (χ0n) is 11.9. The second-order valence-electron chi connectivity index (χ2n) is 4.15. The summed E-state index contributed by atoms with van der Waals surface area (Å²) in [6, 6.07) is 1.79. The van der Waals surface area contributed by atoms with Crippen LogP contribution in [0, 0.1) is 10.1 Å². The van der Waals surface area contributed by atoms with Crippen LogP contribution in [0.25, 0.3) is 0 Å². The van der Waals surface area contributed by atoms with E-state index in [9.17, 15) is 19.7 Å². The van der Waals surface area contributed by atoms with Crippen molar-refractivity contribution in [3.8, 4) is 0 Å².